The topological polar surface area (TPSA) is 37.4 Å². The average molecular weight is 302 g/mol. The van der Waals surface area contributed by atoms with Crippen molar-refractivity contribution in [2.24, 2.45) is 0 Å². The molecule has 1 amide bonds. The molecular formula is C12H13BrFNO2. The summed E-state index contributed by atoms with van der Waals surface area (Å²) in [5.41, 5.74) is 0.768. The van der Waals surface area contributed by atoms with E-state index in [1.807, 2.05) is 0 Å². The summed E-state index contributed by atoms with van der Waals surface area (Å²) in [6.45, 7) is 1.39. The van der Waals surface area contributed by atoms with Gasteiger partial charge < -0.3 is 4.90 Å². The molecule has 0 unspecified atom stereocenters. The molecular weight excluding hydrogens is 289 g/mol. The van der Waals surface area contributed by atoms with E-state index in [-0.39, 0.29) is 18.1 Å². The lowest BCUT2D eigenvalue weighted by Crippen LogP contribution is -2.24. The zero-order valence-electron chi connectivity index (χ0n) is 9.88. The van der Waals surface area contributed by atoms with Gasteiger partial charge in [0.25, 0.3) is 0 Å². The van der Waals surface area contributed by atoms with Crippen LogP contribution in [0.3, 0.4) is 0 Å². The Bertz CT molecular complexity index is 472. The standard InChI is InChI=1S/C12H13BrFNO2/c1-7(16)12-8(5-11(17)15(2)3)4-9(14)6-10(12)13/h4,6H,5H2,1-3H3. The number of Topliss-reactive ketones (excluding diaryl/α,β-unsaturated/α-hetero) is 1. The van der Waals surface area contributed by atoms with Gasteiger partial charge in [-0.3, -0.25) is 9.59 Å². The van der Waals surface area contributed by atoms with Crippen molar-refractivity contribution in [3.63, 3.8) is 0 Å². The van der Waals surface area contributed by atoms with Crippen LogP contribution in [0.5, 0.6) is 0 Å². The Morgan fingerprint density at radius 1 is 1.35 bits per heavy atom. The van der Waals surface area contributed by atoms with Crippen molar-refractivity contribution in [2.75, 3.05) is 14.1 Å². The molecule has 0 aliphatic heterocycles. The average Bonchev–Trinajstić information content (AvgIpc) is 2.14. The number of halogens is 2. The summed E-state index contributed by atoms with van der Waals surface area (Å²) in [5, 5.41) is 0. The van der Waals surface area contributed by atoms with Gasteiger partial charge in [0.15, 0.2) is 5.78 Å². The first-order chi connectivity index (χ1) is 7.82. The van der Waals surface area contributed by atoms with Gasteiger partial charge in [-0.05, 0) is 40.5 Å². The fourth-order valence-electron chi connectivity index (χ4n) is 1.48. The first kappa shape index (κ1) is 13.8. The summed E-state index contributed by atoms with van der Waals surface area (Å²) >= 11 is 3.14. The van der Waals surface area contributed by atoms with Crippen LogP contribution in [0, 0.1) is 5.82 Å². The van der Waals surface area contributed by atoms with Crippen LogP contribution in [0.15, 0.2) is 16.6 Å². The molecule has 0 saturated heterocycles. The Labute approximate surface area is 108 Å². The molecule has 1 rings (SSSR count). The Morgan fingerprint density at radius 3 is 2.41 bits per heavy atom. The molecule has 0 saturated carbocycles. The molecule has 1 aromatic carbocycles. The smallest absolute Gasteiger partial charge is 0.226 e. The van der Waals surface area contributed by atoms with E-state index in [0.717, 1.165) is 0 Å². The number of ketones is 1. The van der Waals surface area contributed by atoms with E-state index in [9.17, 15) is 14.0 Å². The second kappa shape index (κ2) is 5.40. The van der Waals surface area contributed by atoms with Crippen LogP contribution in [0.2, 0.25) is 0 Å². The Kier molecular flexibility index (Phi) is 4.40. The van der Waals surface area contributed by atoms with Crippen molar-refractivity contribution in [3.8, 4) is 0 Å². The van der Waals surface area contributed by atoms with Gasteiger partial charge in [0.1, 0.15) is 5.82 Å². The van der Waals surface area contributed by atoms with Crippen LogP contribution >= 0.6 is 15.9 Å². The minimum atomic E-state index is -0.469. The highest BCUT2D eigenvalue weighted by Gasteiger charge is 2.16. The Hall–Kier alpha value is -1.23. The molecule has 0 aliphatic carbocycles. The largest absolute Gasteiger partial charge is 0.349 e. The summed E-state index contributed by atoms with van der Waals surface area (Å²) < 4.78 is 13.6. The van der Waals surface area contributed by atoms with Crippen molar-refractivity contribution in [3.05, 3.63) is 33.5 Å². The van der Waals surface area contributed by atoms with Crippen molar-refractivity contribution in [1.29, 1.82) is 0 Å². The highest BCUT2D eigenvalue weighted by molar-refractivity contribution is 9.10. The summed E-state index contributed by atoms with van der Waals surface area (Å²) in [4.78, 5) is 24.5. The minimum absolute atomic E-state index is 0.0122. The number of amides is 1. The predicted octanol–water partition coefficient (Wildman–Crippen LogP) is 2.42. The number of hydrogen-bond donors (Lipinski definition) is 0. The molecule has 0 fully saturated rings. The van der Waals surface area contributed by atoms with Crippen molar-refractivity contribution >= 4 is 27.6 Å². The third kappa shape index (κ3) is 3.36. The fourth-order valence-corrected chi connectivity index (χ4v) is 2.23. The first-order valence-electron chi connectivity index (χ1n) is 5.02. The lowest BCUT2D eigenvalue weighted by atomic mass is 10.0. The highest BCUT2D eigenvalue weighted by atomic mass is 79.9. The second-order valence-corrected chi connectivity index (χ2v) is 4.80. The van der Waals surface area contributed by atoms with E-state index in [2.05, 4.69) is 15.9 Å². The molecule has 0 N–H and O–H groups in total. The number of likely N-dealkylation sites (N-methyl/N-ethyl adjacent to an activating group) is 1. The predicted molar refractivity (Wildman–Crippen MR) is 66.5 cm³/mol. The number of rotatable bonds is 3. The Morgan fingerprint density at radius 2 is 1.94 bits per heavy atom. The van der Waals surface area contributed by atoms with Gasteiger partial charge in [-0.25, -0.2) is 4.39 Å². The van der Waals surface area contributed by atoms with Crippen molar-refractivity contribution < 1.29 is 14.0 Å². The van der Waals surface area contributed by atoms with Crippen molar-refractivity contribution in [1.82, 2.24) is 4.90 Å². The van der Waals surface area contributed by atoms with Crippen LogP contribution in [0.4, 0.5) is 4.39 Å². The third-order valence-corrected chi connectivity index (χ3v) is 2.95. The summed E-state index contributed by atoms with van der Waals surface area (Å²) in [5.74, 6) is -0.841. The van der Waals surface area contributed by atoms with Crippen LogP contribution in [-0.2, 0) is 11.2 Å². The lowest BCUT2D eigenvalue weighted by Gasteiger charge is -2.13. The molecule has 0 aliphatic rings. The first-order valence-corrected chi connectivity index (χ1v) is 5.81. The third-order valence-electron chi connectivity index (χ3n) is 2.33. The second-order valence-electron chi connectivity index (χ2n) is 3.94. The molecule has 0 atom stereocenters. The minimum Gasteiger partial charge on any atom is -0.349 e. The summed E-state index contributed by atoms with van der Waals surface area (Å²) in [7, 11) is 3.23. The van der Waals surface area contributed by atoms with Crippen LogP contribution in [0.1, 0.15) is 22.8 Å². The zero-order chi connectivity index (χ0) is 13.2. The van der Waals surface area contributed by atoms with Gasteiger partial charge in [-0.1, -0.05) is 0 Å². The van der Waals surface area contributed by atoms with Gasteiger partial charge in [-0.2, -0.15) is 0 Å². The maximum Gasteiger partial charge on any atom is 0.226 e. The number of benzene rings is 1. The van der Waals surface area contributed by atoms with Crippen molar-refractivity contribution in [2.45, 2.75) is 13.3 Å². The van der Waals surface area contributed by atoms with Gasteiger partial charge in [0.2, 0.25) is 5.91 Å². The molecule has 1 aromatic rings. The van der Waals surface area contributed by atoms with Gasteiger partial charge >= 0.3 is 0 Å². The van der Waals surface area contributed by atoms with Crippen LogP contribution in [-0.4, -0.2) is 30.7 Å². The van der Waals surface area contributed by atoms with E-state index in [0.29, 0.717) is 15.6 Å². The summed E-state index contributed by atoms with van der Waals surface area (Å²) in [6, 6.07) is 2.45. The Balaban J connectivity index is 3.21. The molecule has 92 valence electrons. The molecule has 0 bridgehead atoms. The van der Waals surface area contributed by atoms with E-state index in [1.54, 1.807) is 14.1 Å². The number of carbonyl (C=O) groups is 2. The molecule has 17 heavy (non-hydrogen) atoms. The molecule has 0 radical (unpaired) electrons. The fraction of sp³-hybridized carbons (Fsp3) is 0.333. The lowest BCUT2D eigenvalue weighted by molar-refractivity contribution is -0.127. The van der Waals surface area contributed by atoms with Crippen LogP contribution < -0.4 is 0 Å². The molecule has 0 aromatic heterocycles. The maximum atomic E-state index is 13.3. The quantitative estimate of drug-likeness (QED) is 0.804. The van der Waals surface area contributed by atoms with Gasteiger partial charge in [-0.15, -0.1) is 0 Å². The molecule has 0 spiro atoms. The summed E-state index contributed by atoms with van der Waals surface area (Å²) in [6.07, 6.45) is 0.0122. The molecule has 0 heterocycles. The zero-order valence-corrected chi connectivity index (χ0v) is 11.5. The van der Waals surface area contributed by atoms with E-state index < -0.39 is 5.82 Å². The number of hydrogen-bond acceptors (Lipinski definition) is 2. The number of carbonyl (C=O) groups excluding carboxylic acids is 2. The SMILES string of the molecule is CC(=O)c1c(Br)cc(F)cc1CC(=O)N(C)C. The molecule has 3 nitrogen and oxygen atoms in total. The monoisotopic (exact) mass is 301 g/mol. The van der Waals surface area contributed by atoms with E-state index >= 15 is 0 Å². The van der Waals surface area contributed by atoms with Crippen LogP contribution in [0.25, 0.3) is 0 Å². The normalized spacial score (nSPS) is 10.2. The van der Waals surface area contributed by atoms with E-state index in [4.69, 9.17) is 0 Å². The molecule has 5 heteroatoms. The maximum absolute atomic E-state index is 13.3. The van der Waals surface area contributed by atoms with Gasteiger partial charge in [0, 0.05) is 24.1 Å². The van der Waals surface area contributed by atoms with Gasteiger partial charge in [0.05, 0.1) is 6.42 Å². The highest BCUT2D eigenvalue weighted by Crippen LogP contribution is 2.24. The number of nitrogens with zero attached hydrogens (tertiary/aromatic N) is 1. The van der Waals surface area contributed by atoms with E-state index in [1.165, 1.54) is 24.0 Å².